The number of carboxylic acids is 1. The van der Waals surface area contributed by atoms with Crippen LogP contribution in [-0.4, -0.2) is 17.0 Å². The summed E-state index contributed by atoms with van der Waals surface area (Å²) in [7, 11) is 0. The van der Waals surface area contributed by atoms with Gasteiger partial charge in [-0.05, 0) is 46.1 Å². The number of hydrogen-bond acceptors (Lipinski definition) is 2. The number of amides is 1. The number of carbonyl (C=O) groups is 2. The van der Waals surface area contributed by atoms with Gasteiger partial charge in [-0.3, -0.25) is 9.59 Å². The fraction of sp³-hybridized carbons (Fsp3) is 0.176. The lowest BCUT2D eigenvalue weighted by molar-refractivity contribution is -0.140. The van der Waals surface area contributed by atoms with Crippen molar-refractivity contribution < 1.29 is 14.7 Å². The minimum Gasteiger partial charge on any atom is -0.481 e. The van der Waals surface area contributed by atoms with E-state index in [-0.39, 0.29) is 12.3 Å². The first kappa shape index (κ1) is 16.2. The second kappa shape index (κ2) is 7.22. The monoisotopic (exact) mass is 361 g/mol. The predicted octanol–water partition coefficient (Wildman–Crippen LogP) is 3.95. The molecule has 0 saturated carbocycles. The van der Waals surface area contributed by atoms with Gasteiger partial charge in [0.25, 0.3) is 0 Å². The van der Waals surface area contributed by atoms with Crippen molar-refractivity contribution in [1.82, 2.24) is 0 Å². The molecule has 0 aliphatic carbocycles. The number of nitrogens with one attached hydrogen (secondary N) is 1. The average molecular weight is 362 g/mol. The van der Waals surface area contributed by atoms with Crippen LogP contribution in [0.1, 0.15) is 23.5 Å². The minimum atomic E-state index is -1.01. The van der Waals surface area contributed by atoms with Crippen LogP contribution in [0, 0.1) is 6.92 Å². The first-order chi connectivity index (χ1) is 10.5. The molecule has 0 aliphatic heterocycles. The summed E-state index contributed by atoms with van der Waals surface area (Å²) in [6.07, 6.45) is -0.111. The van der Waals surface area contributed by atoms with Crippen LogP contribution in [-0.2, 0) is 9.59 Å². The smallest absolute Gasteiger partial charge is 0.311 e. The number of carbonyl (C=O) groups excluding carboxylic acids is 1. The third kappa shape index (κ3) is 4.18. The molecular weight excluding hydrogens is 346 g/mol. The van der Waals surface area contributed by atoms with Crippen molar-refractivity contribution in [2.24, 2.45) is 0 Å². The number of aliphatic carboxylic acids is 1. The van der Waals surface area contributed by atoms with Gasteiger partial charge in [0.15, 0.2) is 0 Å². The number of aryl methyl sites for hydroxylation is 1. The zero-order valence-electron chi connectivity index (χ0n) is 12.0. The van der Waals surface area contributed by atoms with E-state index in [1.807, 2.05) is 25.1 Å². The van der Waals surface area contributed by atoms with Crippen molar-refractivity contribution in [2.75, 3.05) is 5.32 Å². The average Bonchev–Trinajstić information content (AvgIpc) is 2.48. The van der Waals surface area contributed by atoms with Crippen molar-refractivity contribution >= 4 is 33.5 Å². The highest BCUT2D eigenvalue weighted by atomic mass is 79.9. The maximum absolute atomic E-state index is 12.1. The molecule has 2 aromatic rings. The van der Waals surface area contributed by atoms with Crippen LogP contribution in [0.3, 0.4) is 0 Å². The van der Waals surface area contributed by atoms with Crippen LogP contribution in [0.2, 0.25) is 0 Å². The maximum atomic E-state index is 12.1. The lowest BCUT2D eigenvalue weighted by atomic mass is 9.95. The van der Waals surface area contributed by atoms with Crippen molar-refractivity contribution in [3.05, 3.63) is 64.1 Å². The molecule has 1 amide bonds. The van der Waals surface area contributed by atoms with Gasteiger partial charge in [-0.15, -0.1) is 0 Å². The highest BCUT2D eigenvalue weighted by Crippen LogP contribution is 2.25. The molecule has 2 aromatic carbocycles. The fourth-order valence-electron chi connectivity index (χ4n) is 2.14. The number of anilines is 1. The largest absolute Gasteiger partial charge is 0.481 e. The highest BCUT2D eigenvalue weighted by Gasteiger charge is 2.23. The van der Waals surface area contributed by atoms with E-state index in [0.717, 1.165) is 10.0 Å². The van der Waals surface area contributed by atoms with Crippen LogP contribution in [0.15, 0.2) is 53.0 Å². The van der Waals surface area contributed by atoms with Crippen molar-refractivity contribution in [3.63, 3.8) is 0 Å². The van der Waals surface area contributed by atoms with Gasteiger partial charge in [-0.25, -0.2) is 0 Å². The van der Waals surface area contributed by atoms with E-state index in [1.165, 1.54) is 0 Å². The van der Waals surface area contributed by atoms with Crippen LogP contribution in [0.25, 0.3) is 0 Å². The standard InChI is InChI=1S/C17H16BrNO3/c1-11-7-8-15(14(18)9-11)19-16(20)10-13(17(21)22)12-5-3-2-4-6-12/h2-9,13H,10H2,1H3,(H,19,20)(H,21,22)/t13-/m0/s1. The van der Waals surface area contributed by atoms with Crippen LogP contribution in [0.4, 0.5) is 5.69 Å². The van der Waals surface area contributed by atoms with Gasteiger partial charge < -0.3 is 10.4 Å². The van der Waals surface area contributed by atoms with E-state index in [1.54, 1.807) is 30.3 Å². The van der Waals surface area contributed by atoms with Crippen molar-refractivity contribution in [2.45, 2.75) is 19.3 Å². The molecule has 0 radical (unpaired) electrons. The second-order valence-electron chi connectivity index (χ2n) is 5.04. The summed E-state index contributed by atoms with van der Waals surface area (Å²) in [5.41, 5.74) is 2.32. The Bertz CT molecular complexity index is 686. The lowest BCUT2D eigenvalue weighted by Crippen LogP contribution is -2.21. The Labute approximate surface area is 137 Å². The fourth-order valence-corrected chi connectivity index (χ4v) is 2.73. The van der Waals surface area contributed by atoms with Gasteiger partial charge in [0.2, 0.25) is 5.91 Å². The molecule has 22 heavy (non-hydrogen) atoms. The van der Waals surface area contributed by atoms with Crippen molar-refractivity contribution in [1.29, 1.82) is 0 Å². The second-order valence-corrected chi connectivity index (χ2v) is 5.89. The van der Waals surface area contributed by atoms with E-state index in [4.69, 9.17) is 0 Å². The summed E-state index contributed by atoms with van der Waals surface area (Å²) in [6, 6.07) is 14.3. The third-order valence-corrected chi connectivity index (χ3v) is 3.94. The summed E-state index contributed by atoms with van der Waals surface area (Å²) in [6.45, 7) is 1.95. The summed E-state index contributed by atoms with van der Waals surface area (Å²) < 4.78 is 0.771. The molecule has 0 heterocycles. The van der Waals surface area contributed by atoms with E-state index in [9.17, 15) is 14.7 Å². The summed E-state index contributed by atoms with van der Waals surface area (Å²) >= 11 is 3.38. The zero-order valence-corrected chi connectivity index (χ0v) is 13.6. The first-order valence-electron chi connectivity index (χ1n) is 6.81. The number of halogens is 1. The Balaban J connectivity index is 2.10. The van der Waals surface area contributed by atoms with Crippen LogP contribution >= 0.6 is 15.9 Å². The Morgan fingerprint density at radius 1 is 1.18 bits per heavy atom. The Kier molecular flexibility index (Phi) is 5.33. The Hall–Kier alpha value is -2.14. The Morgan fingerprint density at radius 3 is 2.45 bits per heavy atom. The molecule has 2 N–H and O–H groups in total. The first-order valence-corrected chi connectivity index (χ1v) is 7.60. The molecule has 0 aromatic heterocycles. The molecule has 0 spiro atoms. The molecular formula is C17H16BrNO3. The molecule has 0 aliphatic rings. The molecule has 0 fully saturated rings. The zero-order chi connectivity index (χ0) is 16.1. The molecule has 114 valence electrons. The molecule has 2 rings (SSSR count). The summed E-state index contributed by atoms with van der Waals surface area (Å²) in [5.74, 6) is -2.20. The molecule has 0 saturated heterocycles. The van der Waals surface area contributed by atoms with E-state index >= 15 is 0 Å². The van der Waals surface area contributed by atoms with E-state index in [2.05, 4.69) is 21.2 Å². The maximum Gasteiger partial charge on any atom is 0.311 e. The third-order valence-electron chi connectivity index (χ3n) is 3.29. The van der Waals surface area contributed by atoms with E-state index in [0.29, 0.717) is 11.3 Å². The molecule has 1 atom stereocenters. The number of hydrogen-bond donors (Lipinski definition) is 2. The minimum absolute atomic E-state index is 0.111. The molecule has 0 unspecified atom stereocenters. The predicted molar refractivity (Wildman–Crippen MR) is 88.9 cm³/mol. The van der Waals surface area contributed by atoms with Gasteiger partial charge in [-0.1, -0.05) is 36.4 Å². The molecule has 0 bridgehead atoms. The topological polar surface area (TPSA) is 66.4 Å². The molecule has 4 nitrogen and oxygen atoms in total. The Morgan fingerprint density at radius 2 is 1.86 bits per heavy atom. The summed E-state index contributed by atoms with van der Waals surface area (Å²) in [4.78, 5) is 23.6. The molecule has 5 heteroatoms. The highest BCUT2D eigenvalue weighted by molar-refractivity contribution is 9.10. The van der Waals surface area contributed by atoms with E-state index < -0.39 is 11.9 Å². The number of rotatable bonds is 5. The van der Waals surface area contributed by atoms with Gasteiger partial charge >= 0.3 is 5.97 Å². The van der Waals surface area contributed by atoms with Gasteiger partial charge in [0.05, 0.1) is 11.6 Å². The normalized spacial score (nSPS) is 11.7. The quantitative estimate of drug-likeness (QED) is 0.846. The number of carboxylic acid groups (broad SMARTS) is 1. The number of benzene rings is 2. The van der Waals surface area contributed by atoms with Crippen LogP contribution in [0.5, 0.6) is 0 Å². The van der Waals surface area contributed by atoms with Gasteiger partial charge in [-0.2, -0.15) is 0 Å². The van der Waals surface area contributed by atoms with Crippen LogP contribution < -0.4 is 5.32 Å². The lowest BCUT2D eigenvalue weighted by Gasteiger charge is -2.13. The van der Waals surface area contributed by atoms with Gasteiger partial charge in [0, 0.05) is 10.9 Å². The van der Waals surface area contributed by atoms with Crippen molar-refractivity contribution in [3.8, 4) is 0 Å². The SMILES string of the molecule is Cc1ccc(NC(=O)C[C@H](C(=O)O)c2ccccc2)c(Br)c1. The summed E-state index contributed by atoms with van der Waals surface area (Å²) in [5, 5.41) is 12.1. The van der Waals surface area contributed by atoms with Gasteiger partial charge in [0.1, 0.15) is 0 Å².